The molecule has 0 radical (unpaired) electrons. The number of rotatable bonds is 9. The average molecular weight is 287 g/mol. The lowest BCUT2D eigenvalue weighted by Crippen LogP contribution is -2.50. The van der Waals surface area contributed by atoms with E-state index in [-0.39, 0.29) is 5.97 Å². The Bertz CT molecular complexity index is 279. The number of likely N-dealkylation sites (N-methyl/N-ethyl adjacent to an activating group) is 1. The third-order valence-corrected chi connectivity index (χ3v) is 3.64. The summed E-state index contributed by atoms with van der Waals surface area (Å²) < 4.78 is 16.3. The van der Waals surface area contributed by atoms with Crippen molar-refractivity contribution in [2.24, 2.45) is 0 Å². The molecule has 0 amide bonds. The van der Waals surface area contributed by atoms with Crippen molar-refractivity contribution in [1.29, 1.82) is 0 Å². The monoisotopic (exact) mass is 287 g/mol. The second kappa shape index (κ2) is 9.32. The molecule has 5 heteroatoms. The summed E-state index contributed by atoms with van der Waals surface area (Å²) in [5, 5.41) is 3.23. The van der Waals surface area contributed by atoms with Gasteiger partial charge in [0, 0.05) is 19.8 Å². The van der Waals surface area contributed by atoms with Gasteiger partial charge in [0.25, 0.3) is 0 Å². The van der Waals surface area contributed by atoms with Crippen LogP contribution in [-0.4, -0.2) is 50.6 Å². The van der Waals surface area contributed by atoms with Gasteiger partial charge in [-0.05, 0) is 46.1 Å². The van der Waals surface area contributed by atoms with Gasteiger partial charge in [0.05, 0.1) is 12.7 Å². The van der Waals surface area contributed by atoms with Crippen molar-refractivity contribution in [3.05, 3.63) is 0 Å². The minimum Gasteiger partial charge on any atom is -0.465 e. The number of hydrogen-bond acceptors (Lipinski definition) is 5. The summed E-state index contributed by atoms with van der Waals surface area (Å²) in [6.07, 6.45) is 3.84. The Hall–Kier alpha value is -0.650. The van der Waals surface area contributed by atoms with Crippen molar-refractivity contribution in [1.82, 2.24) is 5.32 Å². The van der Waals surface area contributed by atoms with Gasteiger partial charge in [-0.25, -0.2) is 0 Å². The van der Waals surface area contributed by atoms with Gasteiger partial charge in [0.2, 0.25) is 0 Å². The van der Waals surface area contributed by atoms with Crippen LogP contribution >= 0.6 is 0 Å². The Labute approximate surface area is 122 Å². The highest BCUT2D eigenvalue weighted by Gasteiger charge is 2.33. The summed E-state index contributed by atoms with van der Waals surface area (Å²) in [5.41, 5.74) is -0.607. The van der Waals surface area contributed by atoms with Crippen LogP contribution in [0.2, 0.25) is 0 Å². The lowest BCUT2D eigenvalue weighted by molar-refractivity contribution is -0.151. The molecular formula is C15H29NO4. The highest BCUT2D eigenvalue weighted by molar-refractivity contribution is 5.80. The number of nitrogens with one attached hydrogen (secondary N) is 1. The summed E-state index contributed by atoms with van der Waals surface area (Å²) in [5.74, 6) is -0.173. The van der Waals surface area contributed by atoms with E-state index in [0.717, 1.165) is 45.4 Å². The molecule has 1 rings (SSSR count). The lowest BCUT2D eigenvalue weighted by Gasteiger charge is -2.28. The van der Waals surface area contributed by atoms with Gasteiger partial charge in [-0.2, -0.15) is 0 Å². The molecule has 20 heavy (non-hydrogen) atoms. The maximum Gasteiger partial charge on any atom is 0.326 e. The largest absolute Gasteiger partial charge is 0.465 e. The van der Waals surface area contributed by atoms with Crippen LogP contribution in [0.4, 0.5) is 0 Å². The van der Waals surface area contributed by atoms with Gasteiger partial charge >= 0.3 is 5.97 Å². The first-order valence-corrected chi connectivity index (χ1v) is 7.74. The van der Waals surface area contributed by atoms with Crippen LogP contribution in [0.1, 0.15) is 46.5 Å². The minimum atomic E-state index is -0.607. The molecule has 0 bridgehead atoms. The standard InChI is InChI=1S/C15H29NO4/c1-4-16-15(3,14(17)19-5-2)9-6-10-20-13-7-11-18-12-8-13/h13,16H,4-12H2,1-3H3. The molecule has 1 N–H and O–H groups in total. The van der Waals surface area contributed by atoms with Crippen molar-refractivity contribution in [2.75, 3.05) is 33.0 Å². The van der Waals surface area contributed by atoms with E-state index in [1.807, 2.05) is 20.8 Å². The normalized spacial score (nSPS) is 19.6. The van der Waals surface area contributed by atoms with Crippen molar-refractivity contribution < 1.29 is 19.0 Å². The Kier molecular flexibility index (Phi) is 8.11. The molecule has 0 aromatic carbocycles. The molecule has 0 aromatic rings. The maximum absolute atomic E-state index is 12.0. The number of esters is 1. The zero-order valence-electron chi connectivity index (χ0n) is 13.1. The van der Waals surface area contributed by atoms with Crippen LogP contribution in [0.15, 0.2) is 0 Å². The van der Waals surface area contributed by atoms with Crippen LogP contribution in [0, 0.1) is 0 Å². The highest BCUT2D eigenvalue weighted by atomic mass is 16.5. The smallest absolute Gasteiger partial charge is 0.326 e. The van der Waals surface area contributed by atoms with Crippen LogP contribution in [-0.2, 0) is 19.0 Å². The van der Waals surface area contributed by atoms with E-state index < -0.39 is 5.54 Å². The van der Waals surface area contributed by atoms with Gasteiger partial charge in [0.1, 0.15) is 5.54 Å². The summed E-state index contributed by atoms with van der Waals surface area (Å²) in [6, 6.07) is 0. The molecule has 118 valence electrons. The zero-order valence-corrected chi connectivity index (χ0v) is 13.1. The Morgan fingerprint density at radius 1 is 1.35 bits per heavy atom. The van der Waals surface area contributed by atoms with E-state index in [4.69, 9.17) is 14.2 Å². The fourth-order valence-corrected chi connectivity index (χ4v) is 2.46. The third kappa shape index (κ3) is 5.77. The molecule has 1 atom stereocenters. The van der Waals surface area contributed by atoms with Crippen LogP contribution in [0.25, 0.3) is 0 Å². The first kappa shape index (κ1) is 17.4. The molecule has 1 fully saturated rings. The van der Waals surface area contributed by atoms with E-state index in [0.29, 0.717) is 19.3 Å². The van der Waals surface area contributed by atoms with Gasteiger partial charge in [-0.3, -0.25) is 4.79 Å². The first-order valence-electron chi connectivity index (χ1n) is 7.74. The molecule has 5 nitrogen and oxygen atoms in total. The van der Waals surface area contributed by atoms with E-state index in [9.17, 15) is 4.79 Å². The number of carbonyl (C=O) groups is 1. The fraction of sp³-hybridized carbons (Fsp3) is 0.933. The quantitative estimate of drug-likeness (QED) is 0.518. The molecule has 1 aliphatic heterocycles. The number of ether oxygens (including phenoxy) is 3. The Balaban J connectivity index is 2.28. The molecule has 1 unspecified atom stereocenters. The average Bonchev–Trinajstić information content (AvgIpc) is 2.45. The summed E-state index contributed by atoms with van der Waals surface area (Å²) in [6.45, 7) is 9.17. The molecule has 0 spiro atoms. The molecule has 0 aliphatic carbocycles. The molecule has 0 saturated carbocycles. The van der Waals surface area contributed by atoms with Crippen LogP contribution in [0.5, 0.6) is 0 Å². The molecule has 1 saturated heterocycles. The van der Waals surface area contributed by atoms with E-state index in [1.54, 1.807) is 0 Å². The highest BCUT2D eigenvalue weighted by Crippen LogP contribution is 2.16. The Morgan fingerprint density at radius 3 is 2.65 bits per heavy atom. The first-order chi connectivity index (χ1) is 9.62. The molecular weight excluding hydrogens is 258 g/mol. The van der Waals surface area contributed by atoms with Crippen molar-refractivity contribution in [2.45, 2.75) is 58.1 Å². The van der Waals surface area contributed by atoms with E-state index in [2.05, 4.69) is 5.32 Å². The topological polar surface area (TPSA) is 56.8 Å². The van der Waals surface area contributed by atoms with Crippen molar-refractivity contribution in [3.63, 3.8) is 0 Å². The second-order valence-electron chi connectivity index (χ2n) is 5.37. The SMILES string of the molecule is CCNC(C)(CCCOC1CCOCC1)C(=O)OCC. The van der Waals surface area contributed by atoms with Crippen LogP contribution in [0.3, 0.4) is 0 Å². The number of carbonyl (C=O) groups excluding carboxylic acids is 1. The van der Waals surface area contributed by atoms with E-state index in [1.165, 1.54) is 0 Å². The van der Waals surface area contributed by atoms with Gasteiger partial charge < -0.3 is 19.5 Å². The van der Waals surface area contributed by atoms with Gasteiger partial charge in [-0.15, -0.1) is 0 Å². The zero-order chi connectivity index (χ0) is 14.8. The number of hydrogen-bond donors (Lipinski definition) is 1. The summed E-state index contributed by atoms with van der Waals surface area (Å²) in [4.78, 5) is 12.0. The van der Waals surface area contributed by atoms with Crippen molar-refractivity contribution >= 4 is 5.97 Å². The molecule has 0 aromatic heterocycles. The molecule has 1 heterocycles. The summed E-state index contributed by atoms with van der Waals surface area (Å²) in [7, 11) is 0. The Morgan fingerprint density at radius 2 is 2.05 bits per heavy atom. The van der Waals surface area contributed by atoms with Crippen LogP contribution < -0.4 is 5.32 Å². The lowest BCUT2D eigenvalue weighted by atomic mass is 9.96. The molecule has 1 aliphatic rings. The fourth-order valence-electron chi connectivity index (χ4n) is 2.46. The van der Waals surface area contributed by atoms with Crippen molar-refractivity contribution in [3.8, 4) is 0 Å². The third-order valence-electron chi connectivity index (χ3n) is 3.64. The summed E-state index contributed by atoms with van der Waals surface area (Å²) >= 11 is 0. The van der Waals surface area contributed by atoms with E-state index >= 15 is 0 Å². The minimum absolute atomic E-state index is 0.173. The predicted octanol–water partition coefficient (Wildman–Crippen LogP) is 1.89. The van der Waals surface area contributed by atoms with Gasteiger partial charge in [0.15, 0.2) is 0 Å². The second-order valence-corrected chi connectivity index (χ2v) is 5.37. The maximum atomic E-state index is 12.0. The van der Waals surface area contributed by atoms with Gasteiger partial charge in [-0.1, -0.05) is 6.92 Å². The predicted molar refractivity (Wildman–Crippen MR) is 77.7 cm³/mol.